The maximum Gasteiger partial charge on any atom is 0.323 e. The molecule has 6 nitrogen and oxygen atoms in total. The number of allylic oxidation sites excluding steroid dienone is 1. The molecule has 0 fully saturated rings. The summed E-state index contributed by atoms with van der Waals surface area (Å²) in [4.78, 5) is 20.5. The molecule has 0 radical (unpaired) electrons. The molecule has 1 rings (SSSR count). The topological polar surface area (TPSA) is 70.5 Å². The molecular formula is C14H20N2O4S. The van der Waals surface area contributed by atoms with Crippen molar-refractivity contribution in [2.45, 2.75) is 31.2 Å². The van der Waals surface area contributed by atoms with Gasteiger partial charge in [0, 0.05) is 0 Å². The number of hydrogen-bond donors (Lipinski definition) is 0. The number of hydrogen-bond acceptors (Lipinski definition) is 7. The van der Waals surface area contributed by atoms with Crippen LogP contribution in [0.25, 0.3) is 0 Å². The minimum Gasteiger partial charge on any atom is -0.481 e. The Balaban J connectivity index is 3.05. The first-order valence-corrected chi connectivity index (χ1v) is 7.36. The number of aromatic nitrogens is 2. The fourth-order valence-corrected chi connectivity index (χ4v) is 2.43. The summed E-state index contributed by atoms with van der Waals surface area (Å²) in [7, 11) is 3.02. The maximum atomic E-state index is 12.1. The average molecular weight is 312 g/mol. The fourth-order valence-electron chi connectivity index (χ4n) is 1.45. The molecule has 1 aromatic heterocycles. The summed E-state index contributed by atoms with van der Waals surface area (Å²) < 4.78 is 15.3. The smallest absolute Gasteiger partial charge is 0.323 e. The van der Waals surface area contributed by atoms with Gasteiger partial charge in [-0.2, -0.15) is 9.97 Å². The van der Waals surface area contributed by atoms with Crippen LogP contribution in [-0.4, -0.2) is 42.0 Å². The number of ether oxygens (including phenoxy) is 3. The average Bonchev–Trinajstić information content (AvgIpc) is 2.51. The van der Waals surface area contributed by atoms with Crippen LogP contribution in [0.2, 0.25) is 0 Å². The van der Waals surface area contributed by atoms with Crippen molar-refractivity contribution in [1.29, 1.82) is 0 Å². The highest BCUT2D eigenvalue weighted by Crippen LogP contribution is 2.29. The lowest BCUT2D eigenvalue weighted by Gasteiger charge is -2.15. The van der Waals surface area contributed by atoms with Gasteiger partial charge in [-0.3, -0.25) is 4.79 Å². The second-order valence-corrected chi connectivity index (χ2v) is 5.09. The molecule has 0 saturated heterocycles. The zero-order chi connectivity index (χ0) is 15.8. The quantitative estimate of drug-likeness (QED) is 0.331. The number of carbonyl (C=O) groups excluding carboxylic acids is 1. The molecule has 1 unspecified atom stereocenters. The molecule has 1 heterocycles. The first kappa shape index (κ1) is 17.3. The summed E-state index contributed by atoms with van der Waals surface area (Å²) in [5, 5.41) is -0.0998. The van der Waals surface area contributed by atoms with Crippen molar-refractivity contribution in [2.75, 3.05) is 20.8 Å². The van der Waals surface area contributed by atoms with Crippen molar-refractivity contribution in [3.63, 3.8) is 0 Å². The van der Waals surface area contributed by atoms with E-state index in [-0.39, 0.29) is 5.97 Å². The van der Waals surface area contributed by atoms with Crippen LogP contribution in [-0.2, 0) is 9.53 Å². The van der Waals surface area contributed by atoms with E-state index in [1.54, 1.807) is 13.0 Å². The van der Waals surface area contributed by atoms with E-state index in [0.717, 1.165) is 5.57 Å². The predicted molar refractivity (Wildman–Crippen MR) is 80.8 cm³/mol. The van der Waals surface area contributed by atoms with E-state index >= 15 is 0 Å². The van der Waals surface area contributed by atoms with Gasteiger partial charge in [0.15, 0.2) is 5.16 Å². The first-order chi connectivity index (χ1) is 10.0. The molecule has 0 amide bonds. The van der Waals surface area contributed by atoms with Crippen molar-refractivity contribution in [1.82, 2.24) is 9.97 Å². The minimum atomic E-state index is -0.494. The number of rotatable bonds is 7. The summed E-state index contributed by atoms with van der Waals surface area (Å²) in [6.07, 6.45) is 1.87. The lowest BCUT2D eigenvalue weighted by molar-refractivity contribution is -0.141. The molecule has 1 atom stereocenters. The zero-order valence-corrected chi connectivity index (χ0v) is 13.7. The Morgan fingerprint density at radius 3 is 2.33 bits per heavy atom. The molecule has 0 saturated carbocycles. The Hall–Kier alpha value is -1.76. The van der Waals surface area contributed by atoms with Crippen LogP contribution in [0.5, 0.6) is 11.8 Å². The van der Waals surface area contributed by atoms with Gasteiger partial charge in [-0.25, -0.2) is 0 Å². The van der Waals surface area contributed by atoms with Gasteiger partial charge in [0.1, 0.15) is 5.25 Å². The van der Waals surface area contributed by atoms with E-state index in [0.29, 0.717) is 23.5 Å². The van der Waals surface area contributed by atoms with Crippen molar-refractivity contribution >= 4 is 17.7 Å². The Morgan fingerprint density at radius 1 is 1.33 bits per heavy atom. The predicted octanol–water partition coefficient (Wildman–Crippen LogP) is 2.48. The van der Waals surface area contributed by atoms with E-state index < -0.39 is 5.25 Å². The van der Waals surface area contributed by atoms with E-state index in [2.05, 4.69) is 9.97 Å². The SMILES string of the molecule is C/C=C(\C)C(Sc1nc(OC)cc(OC)n1)C(=O)OCC. The summed E-state index contributed by atoms with van der Waals surface area (Å²) in [6, 6.07) is 1.58. The third-order valence-corrected chi connectivity index (χ3v) is 3.86. The van der Waals surface area contributed by atoms with E-state index in [1.165, 1.54) is 26.0 Å². The van der Waals surface area contributed by atoms with Crippen LogP contribution in [0.4, 0.5) is 0 Å². The molecule has 0 aliphatic carbocycles. The van der Waals surface area contributed by atoms with Crippen LogP contribution in [0, 0.1) is 0 Å². The van der Waals surface area contributed by atoms with Crippen LogP contribution < -0.4 is 9.47 Å². The zero-order valence-electron chi connectivity index (χ0n) is 12.9. The normalized spacial score (nSPS) is 12.7. The lowest BCUT2D eigenvalue weighted by atomic mass is 10.2. The molecular weight excluding hydrogens is 292 g/mol. The minimum absolute atomic E-state index is 0.316. The number of carbonyl (C=O) groups is 1. The van der Waals surface area contributed by atoms with Crippen LogP contribution in [0.15, 0.2) is 22.9 Å². The lowest BCUT2D eigenvalue weighted by Crippen LogP contribution is -2.22. The summed E-state index contributed by atoms with van der Waals surface area (Å²) in [5.74, 6) is 0.443. The molecule has 0 aromatic carbocycles. The van der Waals surface area contributed by atoms with E-state index in [9.17, 15) is 4.79 Å². The molecule has 1 aromatic rings. The molecule has 7 heteroatoms. The Labute approximate surface area is 128 Å². The monoisotopic (exact) mass is 312 g/mol. The van der Waals surface area contributed by atoms with Gasteiger partial charge >= 0.3 is 5.97 Å². The highest BCUT2D eigenvalue weighted by Gasteiger charge is 2.24. The Bertz CT molecular complexity index is 497. The van der Waals surface area contributed by atoms with Gasteiger partial charge in [0.25, 0.3) is 0 Å². The summed E-state index contributed by atoms with van der Waals surface area (Å²) in [5.41, 5.74) is 0.879. The number of methoxy groups -OCH3 is 2. The molecule has 0 bridgehead atoms. The Kier molecular flexibility index (Phi) is 7.01. The fraction of sp³-hybridized carbons (Fsp3) is 0.500. The van der Waals surface area contributed by atoms with Gasteiger partial charge in [0.05, 0.1) is 26.9 Å². The summed E-state index contributed by atoms with van der Waals surface area (Å²) in [6.45, 7) is 5.84. The van der Waals surface area contributed by atoms with Gasteiger partial charge < -0.3 is 14.2 Å². The standard InChI is InChI=1S/C14H20N2O4S/c1-6-9(3)12(13(17)20-7-2)21-14-15-10(18-4)8-11(16-14)19-5/h6,8,12H,7H2,1-5H3/b9-6+. The third kappa shape index (κ3) is 4.93. The highest BCUT2D eigenvalue weighted by molar-refractivity contribution is 8.00. The largest absolute Gasteiger partial charge is 0.481 e. The molecule has 21 heavy (non-hydrogen) atoms. The molecule has 116 valence electrons. The van der Waals surface area contributed by atoms with Crippen LogP contribution in [0.1, 0.15) is 20.8 Å². The van der Waals surface area contributed by atoms with Crippen molar-refractivity contribution in [2.24, 2.45) is 0 Å². The van der Waals surface area contributed by atoms with E-state index in [1.807, 2.05) is 19.9 Å². The van der Waals surface area contributed by atoms with Crippen LogP contribution >= 0.6 is 11.8 Å². The van der Waals surface area contributed by atoms with Crippen molar-refractivity contribution in [3.05, 3.63) is 17.7 Å². The van der Waals surface area contributed by atoms with Gasteiger partial charge in [-0.05, 0) is 20.8 Å². The molecule has 0 aliphatic heterocycles. The first-order valence-electron chi connectivity index (χ1n) is 6.48. The maximum absolute atomic E-state index is 12.1. The second-order valence-electron chi connectivity index (χ2n) is 4.02. The van der Waals surface area contributed by atoms with E-state index in [4.69, 9.17) is 14.2 Å². The third-order valence-electron chi connectivity index (χ3n) is 2.67. The van der Waals surface area contributed by atoms with Gasteiger partial charge in [-0.1, -0.05) is 23.4 Å². The number of thioether (sulfide) groups is 1. The number of esters is 1. The van der Waals surface area contributed by atoms with Crippen molar-refractivity contribution < 1.29 is 19.0 Å². The van der Waals surface area contributed by atoms with Gasteiger partial charge in [-0.15, -0.1) is 0 Å². The molecule has 0 N–H and O–H groups in total. The van der Waals surface area contributed by atoms with Crippen molar-refractivity contribution in [3.8, 4) is 11.8 Å². The molecule has 0 aliphatic rings. The second kappa shape index (κ2) is 8.51. The molecule has 0 spiro atoms. The summed E-state index contributed by atoms with van der Waals surface area (Å²) >= 11 is 1.20. The number of nitrogens with zero attached hydrogens (tertiary/aromatic N) is 2. The highest BCUT2D eigenvalue weighted by atomic mass is 32.2. The Morgan fingerprint density at radius 2 is 1.90 bits per heavy atom. The van der Waals surface area contributed by atoms with Gasteiger partial charge in [0.2, 0.25) is 11.8 Å². The van der Waals surface area contributed by atoms with Crippen LogP contribution in [0.3, 0.4) is 0 Å².